The Morgan fingerprint density at radius 2 is 0.926 bits per heavy atom. The SMILES string of the molecule is O=C(O)C1CCC(C(F)(C2CCC(C(=O)O)CC2)C(F)(F)C(F)(F)F)CC1. The molecule has 0 radical (unpaired) electrons. The third-order valence-electron chi connectivity index (χ3n) is 6.18. The highest BCUT2D eigenvalue weighted by Gasteiger charge is 2.75. The summed E-state index contributed by atoms with van der Waals surface area (Å²) >= 11 is 0. The number of alkyl halides is 6. The molecule has 0 unspecified atom stereocenters. The summed E-state index contributed by atoms with van der Waals surface area (Å²) < 4.78 is 83.6. The molecule has 0 aliphatic heterocycles. The Morgan fingerprint density at radius 3 is 1.15 bits per heavy atom. The van der Waals surface area contributed by atoms with Crippen molar-refractivity contribution in [2.45, 2.75) is 69.1 Å². The maximum atomic E-state index is 15.7. The summed E-state index contributed by atoms with van der Waals surface area (Å²) in [5.41, 5.74) is -3.88. The molecule has 10 heteroatoms. The minimum atomic E-state index is -6.09. The van der Waals surface area contributed by atoms with Crippen molar-refractivity contribution in [3.63, 3.8) is 0 Å². The molecule has 0 atom stereocenters. The van der Waals surface area contributed by atoms with E-state index in [1.807, 2.05) is 0 Å². The summed E-state index contributed by atoms with van der Waals surface area (Å²) in [5, 5.41) is 17.9. The molecule has 2 aliphatic rings. The Bertz CT molecular complexity index is 526. The number of hydrogen-bond donors (Lipinski definition) is 2. The van der Waals surface area contributed by atoms with E-state index >= 15 is 4.39 Å². The van der Waals surface area contributed by atoms with Gasteiger partial charge in [-0.1, -0.05) is 0 Å². The van der Waals surface area contributed by atoms with Crippen molar-refractivity contribution in [2.75, 3.05) is 0 Å². The van der Waals surface area contributed by atoms with Crippen LogP contribution in [-0.4, -0.2) is 39.9 Å². The zero-order chi connectivity index (χ0) is 20.6. The molecule has 4 nitrogen and oxygen atoms in total. The third kappa shape index (κ3) is 3.89. The summed E-state index contributed by atoms with van der Waals surface area (Å²) in [4.78, 5) is 22.0. The van der Waals surface area contributed by atoms with Crippen molar-refractivity contribution in [1.82, 2.24) is 0 Å². The highest BCUT2D eigenvalue weighted by atomic mass is 19.4. The van der Waals surface area contributed by atoms with E-state index in [4.69, 9.17) is 10.2 Å². The molecule has 0 amide bonds. The molecule has 2 fully saturated rings. The predicted molar refractivity (Wildman–Crippen MR) is 81.0 cm³/mol. The standard InChI is InChI=1S/C17H22F6O4/c18-15(16(19,20)17(21,22)23,11-5-1-9(2-6-11)13(24)25)12-7-3-10(4-8-12)14(26)27/h9-12H,1-8H2,(H,24,25)(H,26,27). The van der Waals surface area contributed by atoms with Gasteiger partial charge < -0.3 is 10.2 Å². The molecule has 2 saturated carbocycles. The second kappa shape index (κ2) is 7.50. The van der Waals surface area contributed by atoms with Crippen LogP contribution >= 0.6 is 0 Å². The smallest absolute Gasteiger partial charge is 0.456 e. The first-order valence-electron chi connectivity index (χ1n) is 8.91. The van der Waals surface area contributed by atoms with E-state index < -0.39 is 53.4 Å². The number of carboxylic acids is 2. The molecule has 0 spiro atoms. The maximum absolute atomic E-state index is 15.7. The van der Waals surface area contributed by atoms with Crippen molar-refractivity contribution in [3.8, 4) is 0 Å². The molecule has 2 aliphatic carbocycles. The minimum absolute atomic E-state index is 0.163. The summed E-state index contributed by atoms with van der Waals surface area (Å²) in [6.07, 6.45) is -8.25. The van der Waals surface area contributed by atoms with Crippen LogP contribution in [0.3, 0.4) is 0 Å². The lowest BCUT2D eigenvalue weighted by atomic mass is 9.62. The summed E-state index contributed by atoms with van der Waals surface area (Å²) in [6, 6.07) is 0. The number of aliphatic carboxylic acids is 2. The number of hydrogen-bond acceptors (Lipinski definition) is 2. The lowest BCUT2D eigenvalue weighted by molar-refractivity contribution is -0.349. The van der Waals surface area contributed by atoms with Crippen LogP contribution in [0, 0.1) is 23.7 Å². The van der Waals surface area contributed by atoms with Gasteiger partial charge in [-0.3, -0.25) is 9.59 Å². The Labute approximate surface area is 151 Å². The van der Waals surface area contributed by atoms with Gasteiger partial charge in [-0.2, -0.15) is 22.0 Å². The van der Waals surface area contributed by atoms with E-state index in [-0.39, 0.29) is 51.4 Å². The Balaban J connectivity index is 2.30. The molecule has 0 aromatic rings. The fourth-order valence-electron chi connectivity index (χ4n) is 4.58. The highest BCUT2D eigenvalue weighted by molar-refractivity contribution is 5.70. The second-order valence-electron chi connectivity index (χ2n) is 7.61. The first-order valence-corrected chi connectivity index (χ1v) is 8.91. The van der Waals surface area contributed by atoms with Crippen molar-refractivity contribution in [3.05, 3.63) is 0 Å². The van der Waals surface area contributed by atoms with Gasteiger partial charge in [-0.15, -0.1) is 0 Å². The van der Waals surface area contributed by atoms with Crippen molar-refractivity contribution < 1.29 is 46.1 Å². The van der Waals surface area contributed by atoms with Gasteiger partial charge in [-0.25, -0.2) is 4.39 Å². The molecule has 0 aromatic heterocycles. The minimum Gasteiger partial charge on any atom is -0.481 e. The summed E-state index contributed by atoms with van der Waals surface area (Å²) in [5.74, 6) is -13.0. The van der Waals surface area contributed by atoms with E-state index in [1.165, 1.54) is 0 Å². The zero-order valence-electron chi connectivity index (χ0n) is 14.4. The third-order valence-corrected chi connectivity index (χ3v) is 6.18. The van der Waals surface area contributed by atoms with Crippen LogP contribution in [0.15, 0.2) is 0 Å². The van der Waals surface area contributed by atoms with Gasteiger partial charge in [0.2, 0.25) is 0 Å². The van der Waals surface area contributed by atoms with Crippen molar-refractivity contribution in [2.24, 2.45) is 23.7 Å². The molecule has 0 heterocycles. The first-order chi connectivity index (χ1) is 12.3. The molecular formula is C17H22F6O4. The zero-order valence-corrected chi connectivity index (χ0v) is 14.4. The molecule has 0 aromatic carbocycles. The van der Waals surface area contributed by atoms with Crippen LogP contribution in [0.1, 0.15) is 51.4 Å². The van der Waals surface area contributed by atoms with Crippen LogP contribution in [0.4, 0.5) is 26.3 Å². The van der Waals surface area contributed by atoms with Gasteiger partial charge in [0.15, 0.2) is 5.67 Å². The van der Waals surface area contributed by atoms with E-state index in [0.717, 1.165) is 0 Å². The average molecular weight is 404 g/mol. The van der Waals surface area contributed by atoms with E-state index in [1.54, 1.807) is 0 Å². The average Bonchev–Trinajstić information content (AvgIpc) is 2.60. The van der Waals surface area contributed by atoms with E-state index in [2.05, 4.69) is 0 Å². The molecule has 0 saturated heterocycles. The highest BCUT2D eigenvalue weighted by Crippen LogP contribution is 2.58. The number of carbonyl (C=O) groups is 2. The molecule has 2 rings (SSSR count). The topological polar surface area (TPSA) is 74.6 Å². The number of carboxylic acid groups (broad SMARTS) is 2. The van der Waals surface area contributed by atoms with Crippen LogP contribution in [0.25, 0.3) is 0 Å². The lowest BCUT2D eigenvalue weighted by Crippen LogP contribution is -2.63. The molecule has 156 valence electrons. The fraction of sp³-hybridized carbons (Fsp3) is 0.882. The van der Waals surface area contributed by atoms with Crippen LogP contribution in [-0.2, 0) is 9.59 Å². The van der Waals surface area contributed by atoms with Gasteiger partial charge in [0.25, 0.3) is 0 Å². The number of rotatable bonds is 5. The summed E-state index contributed by atoms with van der Waals surface area (Å²) in [6.45, 7) is 0. The number of halogens is 6. The molecular weight excluding hydrogens is 382 g/mol. The van der Waals surface area contributed by atoms with Gasteiger partial charge in [0.05, 0.1) is 11.8 Å². The predicted octanol–water partition coefficient (Wildman–Crippen LogP) is 4.67. The van der Waals surface area contributed by atoms with E-state index in [9.17, 15) is 31.5 Å². The Hall–Kier alpha value is -1.48. The van der Waals surface area contributed by atoms with Gasteiger partial charge >= 0.3 is 24.0 Å². The molecule has 0 bridgehead atoms. The molecule has 2 N–H and O–H groups in total. The van der Waals surface area contributed by atoms with Crippen LogP contribution in [0.2, 0.25) is 0 Å². The van der Waals surface area contributed by atoms with Gasteiger partial charge in [0.1, 0.15) is 0 Å². The van der Waals surface area contributed by atoms with Crippen molar-refractivity contribution >= 4 is 11.9 Å². The Kier molecular flexibility index (Phi) is 6.06. The largest absolute Gasteiger partial charge is 0.481 e. The monoisotopic (exact) mass is 404 g/mol. The maximum Gasteiger partial charge on any atom is 0.456 e. The van der Waals surface area contributed by atoms with Crippen molar-refractivity contribution in [1.29, 1.82) is 0 Å². The molecule has 27 heavy (non-hydrogen) atoms. The van der Waals surface area contributed by atoms with E-state index in [0.29, 0.717) is 0 Å². The first kappa shape index (κ1) is 21.8. The Morgan fingerprint density at radius 1 is 0.630 bits per heavy atom. The van der Waals surface area contributed by atoms with Crippen LogP contribution in [0.5, 0.6) is 0 Å². The van der Waals surface area contributed by atoms with Gasteiger partial charge in [0, 0.05) is 0 Å². The summed E-state index contributed by atoms with van der Waals surface area (Å²) in [7, 11) is 0. The quantitative estimate of drug-likeness (QED) is 0.653. The van der Waals surface area contributed by atoms with Crippen LogP contribution < -0.4 is 0 Å². The normalized spacial score (nSPS) is 32.5. The second-order valence-corrected chi connectivity index (χ2v) is 7.61. The van der Waals surface area contributed by atoms with Gasteiger partial charge in [-0.05, 0) is 63.2 Å². The fourth-order valence-corrected chi connectivity index (χ4v) is 4.58. The lowest BCUT2D eigenvalue weighted by Gasteiger charge is -2.48.